The third-order valence-electron chi connectivity index (χ3n) is 2.88. The number of ether oxygens (including phenoxy) is 1. The van der Waals surface area contributed by atoms with Crippen LogP contribution < -0.4 is 10.6 Å². The average molecular weight is 451 g/mol. The molecule has 1 fully saturated rings. The zero-order valence-corrected chi connectivity index (χ0v) is 16.6. The number of nitrogens with zero attached hydrogens (tertiary/aromatic N) is 1. The summed E-state index contributed by atoms with van der Waals surface area (Å²) in [5.41, 5.74) is 0. The van der Waals surface area contributed by atoms with E-state index in [9.17, 15) is 8.42 Å². The minimum absolute atomic E-state index is 0. The topological polar surface area (TPSA) is 79.8 Å². The summed E-state index contributed by atoms with van der Waals surface area (Å²) in [5, 5.41) is 7.12. The summed E-state index contributed by atoms with van der Waals surface area (Å²) in [4.78, 5) is 4.14. The monoisotopic (exact) mass is 451 g/mol. The molecule has 1 unspecified atom stereocenters. The lowest BCUT2D eigenvalue weighted by atomic mass is 10.2. The molecule has 21 heavy (non-hydrogen) atoms. The van der Waals surface area contributed by atoms with Crippen molar-refractivity contribution in [2.75, 3.05) is 51.1 Å². The molecular formula is C12H26IN3O3S2. The number of hydrogen-bond acceptors (Lipinski definition) is 5. The Morgan fingerprint density at radius 2 is 2.14 bits per heavy atom. The average Bonchev–Trinajstić information content (AvgIpc) is 2.89. The van der Waals surface area contributed by atoms with Gasteiger partial charge in [0.05, 0.1) is 19.0 Å². The molecule has 1 aliphatic heterocycles. The van der Waals surface area contributed by atoms with Crippen LogP contribution in [0.1, 0.15) is 12.8 Å². The highest BCUT2D eigenvalue weighted by Gasteiger charge is 2.15. The molecule has 6 nitrogen and oxygen atoms in total. The van der Waals surface area contributed by atoms with E-state index in [0.717, 1.165) is 12.5 Å². The minimum atomic E-state index is -2.93. The molecular weight excluding hydrogens is 425 g/mol. The molecule has 1 aliphatic rings. The van der Waals surface area contributed by atoms with Gasteiger partial charge >= 0.3 is 0 Å². The van der Waals surface area contributed by atoms with Crippen LogP contribution in [0.2, 0.25) is 0 Å². The normalized spacial score (nSPS) is 19.1. The van der Waals surface area contributed by atoms with E-state index in [-0.39, 0.29) is 36.3 Å². The van der Waals surface area contributed by atoms with E-state index >= 15 is 0 Å². The first-order valence-electron chi connectivity index (χ1n) is 6.83. The molecule has 2 N–H and O–H groups in total. The van der Waals surface area contributed by atoms with Crippen LogP contribution in [0.3, 0.4) is 0 Å². The standard InChI is InChI=1S/C12H25N3O3S2.HI/c1-13-12(15-10-11-4-3-8-19-11)14-5-6-18-7-9-20(2,16)17;/h11H,3-10H2,1-2H3,(H2,13,14,15);1H. The van der Waals surface area contributed by atoms with Crippen LogP contribution in [0.5, 0.6) is 0 Å². The first kappa shape index (κ1) is 21.3. The highest BCUT2D eigenvalue weighted by molar-refractivity contribution is 14.0. The summed E-state index contributed by atoms with van der Waals surface area (Å²) in [5.74, 6) is 2.09. The Hall–Kier alpha value is 0.260. The van der Waals surface area contributed by atoms with Gasteiger partial charge in [-0.3, -0.25) is 4.99 Å². The van der Waals surface area contributed by atoms with Crippen molar-refractivity contribution in [3.63, 3.8) is 0 Å². The number of guanidine groups is 1. The molecule has 1 atom stereocenters. The van der Waals surface area contributed by atoms with E-state index in [4.69, 9.17) is 4.74 Å². The number of thioether (sulfide) groups is 1. The Labute approximate surface area is 149 Å². The molecule has 0 saturated carbocycles. The van der Waals surface area contributed by atoms with Gasteiger partial charge in [0.15, 0.2) is 5.96 Å². The van der Waals surface area contributed by atoms with Crippen LogP contribution in [0.25, 0.3) is 0 Å². The molecule has 0 radical (unpaired) electrons. The summed E-state index contributed by atoms with van der Waals surface area (Å²) < 4.78 is 27.1. The Bertz CT molecular complexity index is 399. The van der Waals surface area contributed by atoms with Crippen molar-refractivity contribution < 1.29 is 13.2 Å². The number of nitrogens with one attached hydrogen (secondary N) is 2. The van der Waals surface area contributed by atoms with Gasteiger partial charge in [0.2, 0.25) is 0 Å². The lowest BCUT2D eigenvalue weighted by Crippen LogP contribution is -2.41. The van der Waals surface area contributed by atoms with Crippen molar-refractivity contribution in [1.29, 1.82) is 0 Å². The van der Waals surface area contributed by atoms with Crippen molar-refractivity contribution >= 4 is 51.5 Å². The smallest absolute Gasteiger partial charge is 0.191 e. The van der Waals surface area contributed by atoms with E-state index in [1.54, 1.807) is 7.05 Å². The van der Waals surface area contributed by atoms with Gasteiger partial charge in [0, 0.05) is 31.6 Å². The second-order valence-electron chi connectivity index (χ2n) is 4.76. The van der Waals surface area contributed by atoms with E-state index in [0.29, 0.717) is 18.4 Å². The Kier molecular flexibility index (Phi) is 11.9. The molecule has 0 amide bonds. The highest BCUT2D eigenvalue weighted by atomic mass is 127. The van der Waals surface area contributed by atoms with Crippen LogP contribution in [0.15, 0.2) is 4.99 Å². The quantitative estimate of drug-likeness (QED) is 0.245. The SMILES string of the molecule is CN=C(NCCOCCS(C)(=O)=O)NCC1CCCS1.I. The van der Waals surface area contributed by atoms with Crippen LogP contribution in [0, 0.1) is 0 Å². The van der Waals surface area contributed by atoms with Gasteiger partial charge < -0.3 is 15.4 Å². The van der Waals surface area contributed by atoms with Crippen LogP contribution in [-0.2, 0) is 14.6 Å². The zero-order chi connectivity index (χ0) is 14.8. The first-order chi connectivity index (χ1) is 9.51. The Balaban J connectivity index is 0.00000400. The van der Waals surface area contributed by atoms with Crippen molar-refractivity contribution in [3.8, 4) is 0 Å². The number of hydrogen-bond donors (Lipinski definition) is 2. The summed E-state index contributed by atoms with van der Waals surface area (Å²) in [6.45, 7) is 2.25. The van der Waals surface area contributed by atoms with Gasteiger partial charge in [-0.25, -0.2) is 8.42 Å². The fourth-order valence-corrected chi connectivity index (χ4v) is 3.41. The Morgan fingerprint density at radius 3 is 2.71 bits per heavy atom. The molecule has 0 spiro atoms. The molecule has 1 saturated heterocycles. The van der Waals surface area contributed by atoms with E-state index < -0.39 is 9.84 Å². The fraction of sp³-hybridized carbons (Fsp3) is 0.917. The molecule has 0 aromatic carbocycles. The van der Waals surface area contributed by atoms with Gasteiger partial charge in [0.1, 0.15) is 9.84 Å². The van der Waals surface area contributed by atoms with Gasteiger partial charge in [-0.15, -0.1) is 24.0 Å². The lowest BCUT2D eigenvalue weighted by Gasteiger charge is -2.14. The van der Waals surface area contributed by atoms with Crippen LogP contribution in [0.4, 0.5) is 0 Å². The maximum absolute atomic E-state index is 10.9. The second kappa shape index (κ2) is 11.8. The molecule has 0 bridgehead atoms. The summed E-state index contributed by atoms with van der Waals surface area (Å²) in [6, 6.07) is 0. The molecule has 0 aliphatic carbocycles. The van der Waals surface area contributed by atoms with E-state index in [2.05, 4.69) is 15.6 Å². The first-order valence-corrected chi connectivity index (χ1v) is 9.94. The maximum Gasteiger partial charge on any atom is 0.191 e. The Morgan fingerprint density at radius 1 is 1.38 bits per heavy atom. The van der Waals surface area contributed by atoms with E-state index in [1.807, 2.05) is 11.8 Å². The maximum atomic E-state index is 10.9. The molecule has 1 rings (SSSR count). The summed E-state index contributed by atoms with van der Waals surface area (Å²) in [7, 11) is -1.20. The van der Waals surface area contributed by atoms with E-state index in [1.165, 1.54) is 24.9 Å². The number of rotatable bonds is 8. The molecule has 0 aromatic rings. The fourth-order valence-electron chi connectivity index (χ4n) is 1.79. The van der Waals surface area contributed by atoms with Crippen LogP contribution >= 0.6 is 35.7 Å². The van der Waals surface area contributed by atoms with Gasteiger partial charge in [0.25, 0.3) is 0 Å². The van der Waals surface area contributed by atoms with Gasteiger partial charge in [-0.1, -0.05) is 0 Å². The zero-order valence-electron chi connectivity index (χ0n) is 12.6. The van der Waals surface area contributed by atoms with Crippen molar-refractivity contribution in [1.82, 2.24) is 10.6 Å². The molecule has 9 heteroatoms. The summed E-state index contributed by atoms with van der Waals surface area (Å²) in [6.07, 6.45) is 3.78. The third-order valence-corrected chi connectivity index (χ3v) is 5.19. The predicted octanol–water partition coefficient (Wildman–Crippen LogP) is 0.726. The molecule has 0 aromatic heterocycles. The predicted molar refractivity (Wildman–Crippen MR) is 101 cm³/mol. The van der Waals surface area contributed by atoms with Gasteiger partial charge in [-0.05, 0) is 18.6 Å². The number of sulfone groups is 1. The van der Waals surface area contributed by atoms with Crippen molar-refractivity contribution in [3.05, 3.63) is 0 Å². The highest BCUT2D eigenvalue weighted by Crippen LogP contribution is 2.25. The number of aliphatic imine (C=N–C) groups is 1. The van der Waals surface area contributed by atoms with Crippen LogP contribution in [-0.4, -0.2) is 70.7 Å². The molecule has 126 valence electrons. The largest absolute Gasteiger partial charge is 0.379 e. The van der Waals surface area contributed by atoms with Crippen molar-refractivity contribution in [2.45, 2.75) is 18.1 Å². The summed E-state index contributed by atoms with van der Waals surface area (Å²) >= 11 is 2.01. The number of halogens is 1. The third kappa shape index (κ3) is 11.5. The minimum Gasteiger partial charge on any atom is -0.379 e. The molecule has 1 heterocycles. The van der Waals surface area contributed by atoms with Crippen molar-refractivity contribution in [2.24, 2.45) is 4.99 Å². The lowest BCUT2D eigenvalue weighted by molar-refractivity contribution is 0.154. The second-order valence-corrected chi connectivity index (χ2v) is 8.43. The van der Waals surface area contributed by atoms with Gasteiger partial charge in [-0.2, -0.15) is 11.8 Å².